The van der Waals surface area contributed by atoms with E-state index in [1.54, 1.807) is 13.2 Å². The SMILES string of the molecule is COc1ccc2c(c1)C1CC1(C(=O)N1CCOCC1)Cn1c-2c(C2CCCCCC2)c2ccc(C(=O)NS(=O)(=O)N(C)C)cc21. The maximum absolute atomic E-state index is 14.4. The van der Waals surface area contributed by atoms with Crippen LogP contribution in [-0.4, -0.2) is 81.5 Å². The van der Waals surface area contributed by atoms with Gasteiger partial charge in [-0.2, -0.15) is 12.7 Å². The van der Waals surface area contributed by atoms with Crippen LogP contribution in [-0.2, 0) is 26.3 Å². The molecular weight excluding hydrogens is 592 g/mol. The zero-order valence-corrected chi connectivity index (χ0v) is 27.1. The number of benzene rings is 2. The molecular formula is C34H42N4O6S. The molecule has 45 heavy (non-hydrogen) atoms. The molecule has 2 aliphatic carbocycles. The molecule has 3 fully saturated rings. The van der Waals surface area contributed by atoms with E-state index in [0.717, 1.165) is 69.9 Å². The lowest BCUT2D eigenvalue weighted by molar-refractivity contribution is -0.141. The third-order valence-electron chi connectivity index (χ3n) is 10.5. The van der Waals surface area contributed by atoms with Gasteiger partial charge >= 0.3 is 10.2 Å². The van der Waals surface area contributed by atoms with E-state index < -0.39 is 21.5 Å². The first-order chi connectivity index (χ1) is 21.6. The summed E-state index contributed by atoms with van der Waals surface area (Å²) in [5.74, 6) is 0.637. The van der Waals surface area contributed by atoms with Gasteiger partial charge in [-0.05, 0) is 66.6 Å². The van der Waals surface area contributed by atoms with Gasteiger partial charge in [-0.25, -0.2) is 4.72 Å². The quantitative estimate of drug-likeness (QED) is 0.396. The van der Waals surface area contributed by atoms with E-state index >= 15 is 0 Å². The van der Waals surface area contributed by atoms with E-state index in [0.29, 0.717) is 38.8 Å². The molecule has 1 saturated heterocycles. The highest BCUT2D eigenvalue weighted by atomic mass is 32.2. The first-order valence-corrected chi connectivity index (χ1v) is 17.5. The van der Waals surface area contributed by atoms with Crippen LogP contribution in [0, 0.1) is 5.41 Å². The summed E-state index contributed by atoms with van der Waals surface area (Å²) >= 11 is 0. The molecule has 7 rings (SSSR count). The Hall–Kier alpha value is -3.41. The van der Waals surface area contributed by atoms with Crippen molar-refractivity contribution in [2.24, 2.45) is 5.41 Å². The number of rotatable bonds is 6. The lowest BCUT2D eigenvalue weighted by Crippen LogP contribution is -2.45. The molecule has 2 amide bonds. The standard InChI is InChI=1S/C34H42N4O6S/c1-36(2)45(41,42)35-32(39)23-10-12-26-29(18-23)38-21-34(33(40)37-14-16-44-17-15-37)20-28(34)27-19-24(43-3)11-13-25(27)31(38)30(26)22-8-6-4-5-7-9-22/h10-13,18-19,22,28H,4-9,14-17,20-21H2,1-3H3,(H,35,39). The first-order valence-electron chi connectivity index (χ1n) is 16.1. The van der Waals surface area contributed by atoms with Gasteiger partial charge in [0.05, 0.1) is 31.4 Å². The number of nitrogens with one attached hydrogen (secondary N) is 1. The number of ether oxygens (including phenoxy) is 2. The average molecular weight is 635 g/mol. The van der Waals surface area contributed by atoms with Crippen molar-refractivity contribution in [2.45, 2.75) is 63.3 Å². The topological polar surface area (TPSA) is 110 Å². The van der Waals surface area contributed by atoms with Crippen LogP contribution in [0.1, 0.15) is 78.3 Å². The van der Waals surface area contributed by atoms with E-state index in [2.05, 4.69) is 21.4 Å². The van der Waals surface area contributed by atoms with Crippen molar-refractivity contribution in [1.82, 2.24) is 18.5 Å². The minimum Gasteiger partial charge on any atom is -0.497 e. The van der Waals surface area contributed by atoms with Gasteiger partial charge in [-0.15, -0.1) is 0 Å². The van der Waals surface area contributed by atoms with E-state index in [1.165, 1.54) is 32.5 Å². The molecule has 0 radical (unpaired) electrons. The van der Waals surface area contributed by atoms with Crippen LogP contribution in [0.25, 0.3) is 22.2 Å². The van der Waals surface area contributed by atoms with E-state index in [-0.39, 0.29) is 17.4 Å². The highest BCUT2D eigenvalue weighted by Gasteiger charge is 2.64. The normalized spacial score (nSPS) is 23.5. The Balaban J connectivity index is 1.45. The van der Waals surface area contributed by atoms with Crippen LogP contribution < -0.4 is 9.46 Å². The summed E-state index contributed by atoms with van der Waals surface area (Å²) in [6.07, 6.45) is 7.69. The second-order valence-electron chi connectivity index (χ2n) is 13.3. The summed E-state index contributed by atoms with van der Waals surface area (Å²) in [5, 5.41) is 1.07. The summed E-state index contributed by atoms with van der Waals surface area (Å²) in [5.41, 5.74) is 5.16. The number of carbonyl (C=O) groups excluding carboxylic acids is 2. The molecule has 4 aliphatic rings. The van der Waals surface area contributed by atoms with Crippen molar-refractivity contribution >= 4 is 32.9 Å². The smallest absolute Gasteiger partial charge is 0.303 e. The van der Waals surface area contributed by atoms with Gasteiger partial charge in [0.15, 0.2) is 0 Å². The number of methoxy groups -OCH3 is 1. The zero-order chi connectivity index (χ0) is 31.5. The highest BCUT2D eigenvalue weighted by molar-refractivity contribution is 7.87. The molecule has 10 nitrogen and oxygen atoms in total. The largest absolute Gasteiger partial charge is 0.497 e. The van der Waals surface area contributed by atoms with Crippen molar-refractivity contribution in [1.29, 1.82) is 0 Å². The predicted molar refractivity (Wildman–Crippen MR) is 172 cm³/mol. The lowest BCUT2D eigenvalue weighted by Gasteiger charge is -2.31. The van der Waals surface area contributed by atoms with Crippen LogP contribution in [0.5, 0.6) is 5.75 Å². The molecule has 11 heteroatoms. The van der Waals surface area contributed by atoms with Crippen LogP contribution in [0.4, 0.5) is 0 Å². The molecule has 3 aromatic rings. The number of amides is 2. The summed E-state index contributed by atoms with van der Waals surface area (Å²) in [6.45, 7) is 2.72. The van der Waals surface area contributed by atoms with Gasteiger partial charge in [0, 0.05) is 61.7 Å². The molecule has 2 aliphatic heterocycles. The van der Waals surface area contributed by atoms with Gasteiger partial charge in [0.1, 0.15) is 5.75 Å². The Kier molecular flexibility index (Phi) is 7.69. The van der Waals surface area contributed by atoms with Gasteiger partial charge in [0.2, 0.25) is 5.91 Å². The molecule has 3 heterocycles. The van der Waals surface area contributed by atoms with Gasteiger partial charge < -0.3 is 18.9 Å². The van der Waals surface area contributed by atoms with Crippen molar-refractivity contribution in [3.63, 3.8) is 0 Å². The molecule has 2 unspecified atom stereocenters. The number of hydrogen-bond acceptors (Lipinski definition) is 6. The van der Waals surface area contributed by atoms with Crippen molar-refractivity contribution in [3.8, 4) is 17.0 Å². The number of nitrogens with zero attached hydrogens (tertiary/aromatic N) is 3. The maximum atomic E-state index is 14.4. The van der Waals surface area contributed by atoms with E-state index in [4.69, 9.17) is 9.47 Å². The molecule has 2 atom stereocenters. The van der Waals surface area contributed by atoms with Crippen molar-refractivity contribution in [3.05, 3.63) is 53.1 Å². The summed E-state index contributed by atoms with van der Waals surface area (Å²) in [7, 11) is 0.476. The van der Waals surface area contributed by atoms with Crippen LogP contribution in [0.15, 0.2) is 36.4 Å². The second-order valence-corrected chi connectivity index (χ2v) is 15.1. The average Bonchev–Trinajstić information content (AvgIpc) is 3.78. The minimum absolute atomic E-state index is 0.0478. The fourth-order valence-corrected chi connectivity index (χ4v) is 8.48. The number of carbonyl (C=O) groups is 2. The molecule has 240 valence electrons. The molecule has 2 saturated carbocycles. The van der Waals surface area contributed by atoms with Crippen LogP contribution >= 0.6 is 0 Å². The van der Waals surface area contributed by atoms with E-state index in [1.807, 2.05) is 23.1 Å². The predicted octanol–water partition coefficient (Wildman–Crippen LogP) is 4.64. The molecule has 0 bridgehead atoms. The molecule has 0 spiro atoms. The maximum Gasteiger partial charge on any atom is 0.303 e. The van der Waals surface area contributed by atoms with E-state index in [9.17, 15) is 18.0 Å². The number of aromatic nitrogens is 1. The van der Waals surface area contributed by atoms with Crippen LogP contribution in [0.2, 0.25) is 0 Å². The Bertz CT molecular complexity index is 1770. The van der Waals surface area contributed by atoms with Gasteiger partial charge in [-0.3, -0.25) is 9.59 Å². The minimum atomic E-state index is -3.97. The van der Waals surface area contributed by atoms with Crippen LogP contribution in [0.3, 0.4) is 0 Å². The number of hydrogen-bond donors (Lipinski definition) is 1. The molecule has 1 aromatic heterocycles. The van der Waals surface area contributed by atoms with Gasteiger partial charge in [0.25, 0.3) is 5.91 Å². The first kappa shape index (κ1) is 30.3. The fraction of sp³-hybridized carbons (Fsp3) is 0.529. The summed E-state index contributed by atoms with van der Waals surface area (Å²) < 4.78 is 41.8. The number of fused-ring (bicyclic) bond motifs is 7. The fourth-order valence-electron chi connectivity index (χ4n) is 7.95. The molecule has 2 aromatic carbocycles. The Labute approximate surface area is 264 Å². The number of morpholine rings is 1. The third-order valence-corrected chi connectivity index (χ3v) is 11.9. The Morgan fingerprint density at radius 3 is 2.44 bits per heavy atom. The summed E-state index contributed by atoms with van der Waals surface area (Å²) in [6, 6.07) is 11.8. The monoisotopic (exact) mass is 634 g/mol. The van der Waals surface area contributed by atoms with Crippen molar-refractivity contribution in [2.75, 3.05) is 47.5 Å². The van der Waals surface area contributed by atoms with Crippen molar-refractivity contribution < 1.29 is 27.5 Å². The Morgan fingerprint density at radius 2 is 1.76 bits per heavy atom. The summed E-state index contributed by atoms with van der Waals surface area (Å²) in [4.78, 5) is 29.7. The molecule has 1 N–H and O–H groups in total. The van der Waals surface area contributed by atoms with Gasteiger partial charge in [-0.1, -0.05) is 31.7 Å². The third kappa shape index (κ3) is 5.13. The second kappa shape index (κ2) is 11.4. The highest BCUT2D eigenvalue weighted by Crippen LogP contribution is 2.66. The zero-order valence-electron chi connectivity index (χ0n) is 26.3. The Morgan fingerprint density at radius 1 is 1.02 bits per heavy atom. The lowest BCUT2D eigenvalue weighted by atomic mass is 9.86.